The molecule has 1 spiro atoms. The molecular weight excluding hydrogens is 208 g/mol. The zero-order chi connectivity index (χ0) is 11.6. The first-order chi connectivity index (χ1) is 7.58. The molecule has 92 valence electrons. The molecule has 0 aromatic carbocycles. The summed E-state index contributed by atoms with van der Waals surface area (Å²) < 4.78 is 11.6. The van der Waals surface area contributed by atoms with E-state index in [9.17, 15) is 4.79 Å². The Labute approximate surface area is 95.9 Å². The molecule has 0 amide bonds. The van der Waals surface area contributed by atoms with Crippen molar-refractivity contribution >= 4 is 5.97 Å². The van der Waals surface area contributed by atoms with Gasteiger partial charge in [-0.15, -0.1) is 0 Å². The summed E-state index contributed by atoms with van der Waals surface area (Å²) in [5.74, 6) is -1.24. The predicted octanol–water partition coefficient (Wildman–Crippen LogP) is 2.17. The van der Waals surface area contributed by atoms with Crippen molar-refractivity contribution in [2.45, 2.75) is 51.2 Å². The van der Waals surface area contributed by atoms with E-state index >= 15 is 0 Å². The molecule has 1 N–H and O–H groups in total. The minimum absolute atomic E-state index is 0.139. The average Bonchev–Trinajstić information content (AvgIpc) is 2.71. The van der Waals surface area contributed by atoms with Crippen LogP contribution >= 0.6 is 0 Å². The van der Waals surface area contributed by atoms with Crippen molar-refractivity contribution in [2.75, 3.05) is 13.2 Å². The molecule has 2 rings (SSSR count). The highest BCUT2D eigenvalue weighted by Crippen LogP contribution is 2.51. The Kier molecular flexibility index (Phi) is 3.22. The molecule has 1 saturated carbocycles. The van der Waals surface area contributed by atoms with Gasteiger partial charge in [-0.2, -0.15) is 0 Å². The summed E-state index contributed by atoms with van der Waals surface area (Å²) in [5.41, 5.74) is -0.139. The third-order valence-corrected chi connectivity index (χ3v) is 4.05. The Balaban J connectivity index is 2.10. The van der Waals surface area contributed by atoms with E-state index in [2.05, 4.69) is 6.92 Å². The van der Waals surface area contributed by atoms with Gasteiger partial charge >= 0.3 is 5.97 Å². The summed E-state index contributed by atoms with van der Waals surface area (Å²) in [7, 11) is 0. The number of hydrogen-bond donors (Lipinski definition) is 1. The van der Waals surface area contributed by atoms with Crippen molar-refractivity contribution < 1.29 is 19.4 Å². The van der Waals surface area contributed by atoms with Crippen LogP contribution in [0, 0.1) is 5.41 Å². The normalized spacial score (nSPS) is 33.1. The summed E-state index contributed by atoms with van der Waals surface area (Å²) in [4.78, 5) is 10.7. The Morgan fingerprint density at radius 3 is 2.50 bits per heavy atom. The van der Waals surface area contributed by atoms with Gasteiger partial charge in [0.1, 0.15) is 0 Å². The molecule has 2 fully saturated rings. The highest BCUT2D eigenvalue weighted by atomic mass is 16.7. The summed E-state index contributed by atoms with van der Waals surface area (Å²) in [6, 6.07) is 0. The number of rotatable bonds is 3. The Morgan fingerprint density at radius 1 is 1.25 bits per heavy atom. The summed E-state index contributed by atoms with van der Waals surface area (Å²) in [6.07, 6.45) is 5.00. The minimum atomic E-state index is -0.736. The summed E-state index contributed by atoms with van der Waals surface area (Å²) in [6.45, 7) is 3.39. The highest BCUT2D eigenvalue weighted by Gasteiger charge is 2.53. The Bertz CT molecular complexity index is 270. The van der Waals surface area contributed by atoms with Crippen molar-refractivity contribution in [3.8, 4) is 0 Å². The highest BCUT2D eigenvalue weighted by molar-refractivity contribution is 5.66. The fourth-order valence-corrected chi connectivity index (χ4v) is 3.01. The Morgan fingerprint density at radius 2 is 1.88 bits per heavy atom. The van der Waals surface area contributed by atoms with E-state index in [1.165, 1.54) is 0 Å². The van der Waals surface area contributed by atoms with E-state index < -0.39 is 11.8 Å². The third kappa shape index (κ3) is 1.96. The van der Waals surface area contributed by atoms with Gasteiger partial charge in [0.05, 0.1) is 13.2 Å². The predicted molar refractivity (Wildman–Crippen MR) is 58.1 cm³/mol. The van der Waals surface area contributed by atoms with E-state index in [0.29, 0.717) is 19.6 Å². The smallest absolute Gasteiger partial charge is 0.303 e. The summed E-state index contributed by atoms with van der Waals surface area (Å²) in [5, 5.41) is 8.81. The lowest BCUT2D eigenvalue weighted by Gasteiger charge is -2.47. The van der Waals surface area contributed by atoms with E-state index in [1.807, 2.05) is 0 Å². The van der Waals surface area contributed by atoms with Gasteiger partial charge in [0.25, 0.3) is 0 Å². The molecule has 1 heterocycles. The molecule has 0 bridgehead atoms. The van der Waals surface area contributed by atoms with Crippen molar-refractivity contribution in [1.82, 2.24) is 0 Å². The van der Waals surface area contributed by atoms with Crippen LogP contribution in [0.3, 0.4) is 0 Å². The average molecular weight is 228 g/mol. The molecule has 1 aliphatic carbocycles. The lowest BCUT2D eigenvalue weighted by molar-refractivity contribution is -0.253. The number of ether oxygens (including phenoxy) is 2. The van der Waals surface area contributed by atoms with Crippen molar-refractivity contribution in [1.29, 1.82) is 0 Å². The fourth-order valence-electron chi connectivity index (χ4n) is 3.01. The zero-order valence-electron chi connectivity index (χ0n) is 9.83. The van der Waals surface area contributed by atoms with Crippen LogP contribution in [-0.2, 0) is 14.3 Å². The number of carboxylic acid groups (broad SMARTS) is 1. The molecule has 1 aliphatic heterocycles. The molecule has 0 aromatic heterocycles. The van der Waals surface area contributed by atoms with E-state index in [4.69, 9.17) is 14.6 Å². The van der Waals surface area contributed by atoms with Gasteiger partial charge in [0, 0.05) is 18.3 Å². The molecule has 4 heteroatoms. The van der Waals surface area contributed by atoms with E-state index in [0.717, 1.165) is 25.7 Å². The van der Waals surface area contributed by atoms with Gasteiger partial charge in [-0.3, -0.25) is 4.79 Å². The lowest BCUT2D eigenvalue weighted by atomic mass is 9.68. The maximum Gasteiger partial charge on any atom is 0.303 e. The second kappa shape index (κ2) is 4.34. The first-order valence-electron chi connectivity index (χ1n) is 6.08. The number of aliphatic carboxylic acids is 1. The number of hydrogen-bond acceptors (Lipinski definition) is 3. The minimum Gasteiger partial charge on any atom is -0.481 e. The van der Waals surface area contributed by atoms with Gasteiger partial charge in [-0.25, -0.2) is 0 Å². The van der Waals surface area contributed by atoms with Gasteiger partial charge in [0.15, 0.2) is 5.79 Å². The van der Waals surface area contributed by atoms with Gasteiger partial charge < -0.3 is 14.6 Å². The van der Waals surface area contributed by atoms with Gasteiger partial charge in [0.2, 0.25) is 0 Å². The maximum atomic E-state index is 10.7. The first-order valence-corrected chi connectivity index (χ1v) is 6.08. The third-order valence-electron chi connectivity index (χ3n) is 4.05. The SMILES string of the molecule is CC1(CCC(=O)O)CCCCC12OCCO2. The fraction of sp³-hybridized carbons (Fsp3) is 0.917. The van der Waals surface area contributed by atoms with Crippen LogP contribution in [0.1, 0.15) is 45.4 Å². The maximum absolute atomic E-state index is 10.7. The number of carboxylic acids is 1. The van der Waals surface area contributed by atoms with Crippen LogP contribution in [0.15, 0.2) is 0 Å². The van der Waals surface area contributed by atoms with Crippen molar-refractivity contribution in [3.63, 3.8) is 0 Å². The number of carbonyl (C=O) groups is 1. The lowest BCUT2D eigenvalue weighted by Crippen LogP contribution is -2.50. The standard InChI is InChI=1S/C12H20O4/c1-11(7-4-10(13)14)5-2-3-6-12(11)15-8-9-16-12/h2-9H2,1H3,(H,13,14). The van der Waals surface area contributed by atoms with Crippen LogP contribution in [-0.4, -0.2) is 30.1 Å². The molecule has 1 atom stereocenters. The second-order valence-electron chi connectivity index (χ2n) is 5.11. The molecule has 16 heavy (non-hydrogen) atoms. The molecule has 2 aliphatic rings. The molecule has 1 saturated heterocycles. The van der Waals surface area contributed by atoms with Crippen molar-refractivity contribution in [2.24, 2.45) is 5.41 Å². The monoisotopic (exact) mass is 228 g/mol. The Hall–Kier alpha value is -0.610. The quantitative estimate of drug-likeness (QED) is 0.804. The van der Waals surface area contributed by atoms with Crippen LogP contribution in [0.25, 0.3) is 0 Å². The second-order valence-corrected chi connectivity index (χ2v) is 5.11. The van der Waals surface area contributed by atoms with Crippen molar-refractivity contribution in [3.05, 3.63) is 0 Å². The molecule has 1 unspecified atom stereocenters. The zero-order valence-corrected chi connectivity index (χ0v) is 9.83. The van der Waals surface area contributed by atoms with E-state index in [-0.39, 0.29) is 11.8 Å². The molecular formula is C12H20O4. The molecule has 4 nitrogen and oxygen atoms in total. The van der Waals surface area contributed by atoms with Gasteiger partial charge in [-0.05, 0) is 19.3 Å². The van der Waals surface area contributed by atoms with E-state index in [1.54, 1.807) is 0 Å². The van der Waals surface area contributed by atoms with Gasteiger partial charge in [-0.1, -0.05) is 13.3 Å². The molecule has 0 radical (unpaired) electrons. The first kappa shape index (κ1) is 11.9. The van der Waals surface area contributed by atoms with Crippen LogP contribution in [0.2, 0.25) is 0 Å². The van der Waals surface area contributed by atoms with Crippen LogP contribution in [0.4, 0.5) is 0 Å². The summed E-state index contributed by atoms with van der Waals surface area (Å²) >= 11 is 0. The van der Waals surface area contributed by atoms with Crippen LogP contribution in [0.5, 0.6) is 0 Å². The van der Waals surface area contributed by atoms with Crippen LogP contribution < -0.4 is 0 Å². The molecule has 0 aromatic rings. The topological polar surface area (TPSA) is 55.8 Å². The largest absolute Gasteiger partial charge is 0.481 e.